The fraction of sp³-hybridized carbons (Fsp3) is 0.583. The molecule has 0 unspecified atom stereocenters. The summed E-state index contributed by atoms with van der Waals surface area (Å²) in [5.74, 6) is 0.895. The minimum Gasteiger partial charge on any atom is -0.504 e. The maximum Gasteiger partial charge on any atom is 0.302 e. The Kier molecular flexibility index (Phi) is 10.3. The number of nitrogens with one attached hydrogen (secondary N) is 1. The molecule has 5 N–H and O–H groups in total. The molecule has 0 spiro atoms. The molecule has 0 amide bonds. The number of ether oxygens (including phenoxy) is 2. The lowest BCUT2D eigenvalue weighted by Gasteiger charge is -2.30. The van der Waals surface area contributed by atoms with Crippen LogP contribution in [-0.2, 0) is 16.0 Å². The van der Waals surface area contributed by atoms with Crippen molar-refractivity contribution in [3.05, 3.63) is 35.9 Å². The van der Waals surface area contributed by atoms with Gasteiger partial charge in [0.2, 0.25) is 0 Å². The fourth-order valence-electron chi connectivity index (χ4n) is 4.11. The lowest BCUT2D eigenvalue weighted by Crippen LogP contribution is -2.44. The largest absolute Gasteiger partial charge is 0.504 e. The van der Waals surface area contributed by atoms with Gasteiger partial charge < -0.3 is 30.7 Å². The second-order valence-electron chi connectivity index (χ2n) is 8.29. The molecule has 4 atom stereocenters. The van der Waals surface area contributed by atoms with Crippen LogP contribution in [0.4, 0.5) is 0 Å². The van der Waals surface area contributed by atoms with Crippen LogP contribution in [0.15, 0.2) is 35.3 Å². The van der Waals surface area contributed by atoms with Crippen LogP contribution in [-0.4, -0.2) is 54.5 Å². The SMILES string of the molecule is CN=C(N)N[C@H]1C=CCC[C@@H]1CC[C@H](O)C[C@@H](CCc1ccc(O)c(OC)c1)OC(C)=O. The number of rotatable bonds is 11. The van der Waals surface area contributed by atoms with Crippen molar-refractivity contribution in [2.45, 2.75) is 70.1 Å². The van der Waals surface area contributed by atoms with Gasteiger partial charge in [-0.1, -0.05) is 18.2 Å². The van der Waals surface area contributed by atoms with E-state index in [-0.39, 0.29) is 23.9 Å². The molecule has 1 aromatic rings. The Labute approximate surface area is 190 Å². The highest BCUT2D eigenvalue weighted by Crippen LogP contribution is 2.28. The molecule has 0 fully saturated rings. The van der Waals surface area contributed by atoms with Gasteiger partial charge in [-0.05, 0) is 62.1 Å². The number of nitrogens with zero attached hydrogens (tertiary/aromatic N) is 1. The highest BCUT2D eigenvalue weighted by atomic mass is 16.5. The molecule has 0 saturated carbocycles. The second-order valence-corrected chi connectivity index (χ2v) is 8.29. The molecule has 1 aromatic carbocycles. The van der Waals surface area contributed by atoms with Gasteiger partial charge in [-0.25, -0.2) is 0 Å². The fourth-order valence-corrected chi connectivity index (χ4v) is 4.11. The van der Waals surface area contributed by atoms with E-state index in [1.165, 1.54) is 14.0 Å². The van der Waals surface area contributed by atoms with Crippen LogP contribution < -0.4 is 15.8 Å². The monoisotopic (exact) mass is 447 g/mol. The van der Waals surface area contributed by atoms with Crippen molar-refractivity contribution >= 4 is 11.9 Å². The summed E-state index contributed by atoms with van der Waals surface area (Å²) in [6.45, 7) is 1.38. The first-order valence-electron chi connectivity index (χ1n) is 11.2. The minimum atomic E-state index is -0.572. The predicted octanol–water partition coefficient (Wildman–Crippen LogP) is 2.67. The molecular formula is C24H37N3O5. The van der Waals surface area contributed by atoms with Gasteiger partial charge in [0.1, 0.15) is 6.10 Å². The zero-order valence-electron chi connectivity index (χ0n) is 19.3. The Bertz CT molecular complexity index is 796. The van der Waals surface area contributed by atoms with E-state index in [2.05, 4.69) is 22.5 Å². The molecular weight excluding hydrogens is 410 g/mol. The summed E-state index contributed by atoms with van der Waals surface area (Å²) < 4.78 is 10.6. The van der Waals surface area contributed by atoms with Crippen LogP contribution in [0, 0.1) is 5.92 Å². The quantitative estimate of drug-likeness (QED) is 0.178. The average Bonchev–Trinajstić information content (AvgIpc) is 2.77. The Morgan fingerprint density at radius 2 is 2.16 bits per heavy atom. The number of hydrogen-bond donors (Lipinski definition) is 4. The zero-order valence-corrected chi connectivity index (χ0v) is 19.3. The summed E-state index contributed by atoms with van der Waals surface area (Å²) in [5, 5.41) is 23.6. The third kappa shape index (κ3) is 8.42. The number of aliphatic imine (C=N–C) groups is 1. The van der Waals surface area contributed by atoms with Gasteiger partial charge in [-0.2, -0.15) is 0 Å². The number of esters is 1. The number of aromatic hydroxyl groups is 1. The highest BCUT2D eigenvalue weighted by molar-refractivity contribution is 5.78. The number of aliphatic hydroxyl groups is 1. The second kappa shape index (κ2) is 13.0. The number of benzene rings is 1. The highest BCUT2D eigenvalue weighted by Gasteiger charge is 2.24. The molecule has 8 heteroatoms. The number of phenolic OH excluding ortho intramolecular Hbond substituents is 1. The number of guanidine groups is 1. The molecule has 0 aliphatic heterocycles. The number of methoxy groups -OCH3 is 1. The number of carbonyl (C=O) groups excluding carboxylic acids is 1. The molecule has 0 saturated heterocycles. The van der Waals surface area contributed by atoms with E-state index in [9.17, 15) is 15.0 Å². The Morgan fingerprint density at radius 3 is 2.84 bits per heavy atom. The van der Waals surface area contributed by atoms with Crippen molar-refractivity contribution in [2.75, 3.05) is 14.2 Å². The summed E-state index contributed by atoms with van der Waals surface area (Å²) in [4.78, 5) is 15.5. The molecule has 178 valence electrons. The van der Waals surface area contributed by atoms with Gasteiger partial charge in [0, 0.05) is 20.4 Å². The Hall–Kier alpha value is -2.74. The normalized spacial score (nSPS) is 20.4. The summed E-state index contributed by atoms with van der Waals surface area (Å²) in [7, 11) is 3.15. The van der Waals surface area contributed by atoms with Gasteiger partial charge in [0.15, 0.2) is 17.5 Å². The smallest absolute Gasteiger partial charge is 0.302 e. The molecule has 0 radical (unpaired) electrons. The zero-order chi connectivity index (χ0) is 23.5. The standard InChI is InChI=1S/C24H37N3O5/c1-16(28)32-20(12-8-17-9-13-22(30)23(14-17)31-3)15-19(29)11-10-18-6-4-5-7-21(18)27-24(25)26-2/h5,7,9,13-14,18-21,29-30H,4,6,8,10-12,15H2,1-3H3,(H3,25,26,27)/t18-,19+,20-,21+/m1/s1. The van der Waals surface area contributed by atoms with Crippen LogP contribution in [0.5, 0.6) is 11.5 Å². The maximum atomic E-state index is 11.6. The number of phenols is 1. The Morgan fingerprint density at radius 1 is 1.38 bits per heavy atom. The number of hydrogen-bond acceptors (Lipinski definition) is 6. The van der Waals surface area contributed by atoms with Gasteiger partial charge >= 0.3 is 5.97 Å². The molecule has 0 heterocycles. The molecule has 32 heavy (non-hydrogen) atoms. The van der Waals surface area contributed by atoms with Gasteiger partial charge in [0.05, 0.1) is 19.3 Å². The third-order valence-corrected chi connectivity index (χ3v) is 5.85. The molecule has 2 rings (SSSR count). The van der Waals surface area contributed by atoms with Crippen molar-refractivity contribution < 1.29 is 24.5 Å². The summed E-state index contributed by atoms with van der Waals surface area (Å²) in [5.41, 5.74) is 6.79. The van der Waals surface area contributed by atoms with E-state index in [0.717, 1.165) is 24.8 Å². The lowest BCUT2D eigenvalue weighted by atomic mass is 9.84. The third-order valence-electron chi connectivity index (χ3n) is 5.85. The number of carbonyl (C=O) groups is 1. The first-order valence-corrected chi connectivity index (χ1v) is 11.2. The van der Waals surface area contributed by atoms with E-state index >= 15 is 0 Å². The van der Waals surface area contributed by atoms with Crippen LogP contribution >= 0.6 is 0 Å². The van der Waals surface area contributed by atoms with Crippen LogP contribution in [0.3, 0.4) is 0 Å². The van der Waals surface area contributed by atoms with E-state index < -0.39 is 6.10 Å². The molecule has 1 aliphatic rings. The van der Waals surface area contributed by atoms with Crippen molar-refractivity contribution in [1.82, 2.24) is 5.32 Å². The van der Waals surface area contributed by atoms with E-state index in [4.69, 9.17) is 15.2 Å². The first-order chi connectivity index (χ1) is 15.3. The van der Waals surface area contributed by atoms with Gasteiger partial charge in [0.25, 0.3) is 0 Å². The van der Waals surface area contributed by atoms with Gasteiger partial charge in [-0.15, -0.1) is 0 Å². The number of nitrogens with two attached hydrogens (primary N) is 1. The molecule has 8 nitrogen and oxygen atoms in total. The Balaban J connectivity index is 1.89. The first kappa shape index (κ1) is 25.5. The van der Waals surface area contributed by atoms with E-state index in [1.54, 1.807) is 19.2 Å². The number of allylic oxidation sites excluding steroid dienone is 1. The predicted molar refractivity (Wildman–Crippen MR) is 125 cm³/mol. The van der Waals surface area contributed by atoms with Gasteiger partial charge in [-0.3, -0.25) is 9.79 Å². The van der Waals surface area contributed by atoms with E-state index in [1.807, 2.05) is 6.07 Å². The van der Waals surface area contributed by atoms with Crippen molar-refractivity contribution in [3.63, 3.8) is 0 Å². The van der Waals surface area contributed by atoms with Crippen molar-refractivity contribution in [3.8, 4) is 11.5 Å². The van der Waals surface area contributed by atoms with Crippen molar-refractivity contribution in [2.24, 2.45) is 16.6 Å². The average molecular weight is 448 g/mol. The lowest BCUT2D eigenvalue weighted by molar-refractivity contribution is -0.148. The molecule has 0 aromatic heterocycles. The van der Waals surface area contributed by atoms with Crippen molar-refractivity contribution in [1.29, 1.82) is 0 Å². The van der Waals surface area contributed by atoms with Crippen LogP contribution in [0.2, 0.25) is 0 Å². The van der Waals surface area contributed by atoms with Crippen LogP contribution in [0.25, 0.3) is 0 Å². The summed E-state index contributed by atoms with van der Waals surface area (Å²) in [6, 6.07) is 5.27. The molecule has 0 bridgehead atoms. The van der Waals surface area contributed by atoms with E-state index in [0.29, 0.717) is 43.3 Å². The topological polar surface area (TPSA) is 126 Å². The number of aliphatic hydroxyl groups excluding tert-OH is 1. The van der Waals surface area contributed by atoms with Crippen LogP contribution in [0.1, 0.15) is 51.0 Å². The minimum absolute atomic E-state index is 0.0838. The summed E-state index contributed by atoms with van der Waals surface area (Å²) in [6.07, 6.45) is 8.38. The molecule has 1 aliphatic carbocycles. The number of aryl methyl sites for hydroxylation is 1. The summed E-state index contributed by atoms with van der Waals surface area (Å²) >= 11 is 0. The maximum absolute atomic E-state index is 11.6.